The van der Waals surface area contributed by atoms with E-state index in [9.17, 15) is 0 Å². The SMILES string of the molecule is C1=Nc2cccc3ccn(c23)C1. The first-order valence-electron chi connectivity index (χ1n) is 4.05. The van der Waals surface area contributed by atoms with Crippen molar-refractivity contribution >= 4 is 22.8 Å². The van der Waals surface area contributed by atoms with E-state index >= 15 is 0 Å². The Labute approximate surface area is 70.2 Å². The Balaban J connectivity index is 2.57. The highest BCUT2D eigenvalue weighted by atomic mass is 15.0. The standard InChI is InChI=1S/C10H8N2/c1-2-8-4-6-12-7-5-11-9(3-1)10(8)12/h1-6H,7H2. The van der Waals surface area contributed by atoms with Crippen LogP contribution in [0.1, 0.15) is 0 Å². The van der Waals surface area contributed by atoms with Crippen LogP contribution in [0.4, 0.5) is 5.69 Å². The normalized spacial score (nSPS) is 14.0. The van der Waals surface area contributed by atoms with Gasteiger partial charge in [0, 0.05) is 17.8 Å². The van der Waals surface area contributed by atoms with E-state index < -0.39 is 0 Å². The summed E-state index contributed by atoms with van der Waals surface area (Å²) in [5.41, 5.74) is 2.35. The largest absolute Gasteiger partial charge is 0.340 e. The minimum absolute atomic E-state index is 0.903. The Hall–Kier alpha value is -1.57. The van der Waals surface area contributed by atoms with Crippen LogP contribution in [-0.2, 0) is 6.54 Å². The first-order chi connectivity index (χ1) is 5.95. The van der Waals surface area contributed by atoms with Crippen molar-refractivity contribution in [2.24, 2.45) is 4.99 Å². The third kappa shape index (κ3) is 0.619. The molecule has 0 fully saturated rings. The predicted molar refractivity (Wildman–Crippen MR) is 50.1 cm³/mol. The van der Waals surface area contributed by atoms with Crippen molar-refractivity contribution in [2.45, 2.75) is 6.54 Å². The molecule has 1 aliphatic rings. The monoisotopic (exact) mass is 156 g/mol. The molecule has 2 heteroatoms. The lowest BCUT2D eigenvalue weighted by Gasteiger charge is -2.08. The van der Waals surface area contributed by atoms with E-state index in [4.69, 9.17) is 0 Å². The molecule has 2 heterocycles. The highest BCUT2D eigenvalue weighted by molar-refractivity contribution is 5.93. The fraction of sp³-hybridized carbons (Fsp3) is 0.100. The molecule has 1 aliphatic heterocycles. The molecule has 3 rings (SSSR count). The molecule has 58 valence electrons. The van der Waals surface area contributed by atoms with Gasteiger partial charge in [0.05, 0.1) is 17.7 Å². The van der Waals surface area contributed by atoms with E-state index in [-0.39, 0.29) is 0 Å². The van der Waals surface area contributed by atoms with Crippen LogP contribution in [-0.4, -0.2) is 10.8 Å². The van der Waals surface area contributed by atoms with E-state index in [1.54, 1.807) is 0 Å². The molecule has 0 saturated heterocycles. The predicted octanol–water partition coefficient (Wildman–Crippen LogP) is 2.36. The van der Waals surface area contributed by atoms with E-state index in [0.29, 0.717) is 0 Å². The summed E-state index contributed by atoms with van der Waals surface area (Å²) in [6.45, 7) is 0.903. The summed E-state index contributed by atoms with van der Waals surface area (Å²) in [7, 11) is 0. The molecule has 2 nitrogen and oxygen atoms in total. The van der Waals surface area contributed by atoms with Gasteiger partial charge in [-0.05, 0) is 12.1 Å². The summed E-state index contributed by atoms with van der Waals surface area (Å²) in [6.07, 6.45) is 4.06. The topological polar surface area (TPSA) is 17.3 Å². The van der Waals surface area contributed by atoms with Crippen LogP contribution in [0.15, 0.2) is 35.5 Å². The summed E-state index contributed by atoms with van der Waals surface area (Å²) in [5, 5.41) is 1.28. The third-order valence-corrected chi connectivity index (χ3v) is 2.28. The zero-order valence-corrected chi connectivity index (χ0v) is 6.57. The molecular weight excluding hydrogens is 148 g/mol. The summed E-state index contributed by atoms with van der Waals surface area (Å²) in [4.78, 5) is 4.34. The van der Waals surface area contributed by atoms with Gasteiger partial charge in [0.2, 0.25) is 0 Å². The molecule has 0 spiro atoms. The second-order valence-corrected chi connectivity index (χ2v) is 2.99. The maximum absolute atomic E-state index is 4.34. The summed E-state index contributed by atoms with van der Waals surface area (Å²) in [5.74, 6) is 0. The molecule has 0 aliphatic carbocycles. The first kappa shape index (κ1) is 6.00. The Bertz CT molecular complexity index is 466. The van der Waals surface area contributed by atoms with E-state index in [0.717, 1.165) is 12.2 Å². The molecule has 2 aromatic rings. The number of hydrogen-bond acceptors (Lipinski definition) is 1. The van der Waals surface area contributed by atoms with E-state index in [1.807, 2.05) is 12.3 Å². The van der Waals surface area contributed by atoms with Crippen LogP contribution in [0.3, 0.4) is 0 Å². The number of benzene rings is 1. The van der Waals surface area contributed by atoms with Gasteiger partial charge in [0.25, 0.3) is 0 Å². The molecular formula is C10H8N2. The molecule has 1 aromatic carbocycles. The zero-order valence-electron chi connectivity index (χ0n) is 6.57. The first-order valence-corrected chi connectivity index (χ1v) is 4.05. The number of aliphatic imine (C=N–C) groups is 1. The van der Waals surface area contributed by atoms with Gasteiger partial charge in [-0.1, -0.05) is 12.1 Å². The Morgan fingerprint density at radius 2 is 2.25 bits per heavy atom. The van der Waals surface area contributed by atoms with Gasteiger partial charge in [-0.3, -0.25) is 4.99 Å². The third-order valence-electron chi connectivity index (χ3n) is 2.28. The second kappa shape index (κ2) is 1.97. The van der Waals surface area contributed by atoms with Gasteiger partial charge in [0.15, 0.2) is 0 Å². The minimum atomic E-state index is 0.903. The average molecular weight is 156 g/mol. The number of rotatable bonds is 0. The lowest BCUT2D eigenvalue weighted by Crippen LogP contribution is -2.00. The van der Waals surface area contributed by atoms with Crippen LogP contribution >= 0.6 is 0 Å². The Morgan fingerprint density at radius 1 is 1.25 bits per heavy atom. The average Bonchev–Trinajstić information content (AvgIpc) is 2.52. The molecule has 0 saturated carbocycles. The molecule has 12 heavy (non-hydrogen) atoms. The maximum Gasteiger partial charge on any atom is 0.0869 e. The zero-order chi connectivity index (χ0) is 7.97. The van der Waals surface area contributed by atoms with Gasteiger partial charge >= 0.3 is 0 Å². The van der Waals surface area contributed by atoms with Crippen molar-refractivity contribution in [3.8, 4) is 0 Å². The number of para-hydroxylation sites is 1. The smallest absolute Gasteiger partial charge is 0.0869 e. The quantitative estimate of drug-likeness (QED) is 0.557. The van der Waals surface area contributed by atoms with Gasteiger partial charge < -0.3 is 4.57 Å². The van der Waals surface area contributed by atoms with Crippen molar-refractivity contribution in [2.75, 3.05) is 0 Å². The van der Waals surface area contributed by atoms with Crippen molar-refractivity contribution in [3.63, 3.8) is 0 Å². The Morgan fingerprint density at radius 3 is 3.25 bits per heavy atom. The lowest BCUT2D eigenvalue weighted by atomic mass is 10.2. The van der Waals surface area contributed by atoms with Gasteiger partial charge in [-0.15, -0.1) is 0 Å². The highest BCUT2D eigenvalue weighted by Crippen LogP contribution is 2.28. The fourth-order valence-corrected chi connectivity index (χ4v) is 1.72. The number of aromatic nitrogens is 1. The molecule has 1 aromatic heterocycles. The maximum atomic E-state index is 4.34. The molecule has 0 bridgehead atoms. The van der Waals surface area contributed by atoms with Crippen molar-refractivity contribution in [1.29, 1.82) is 0 Å². The van der Waals surface area contributed by atoms with Crippen LogP contribution in [0.2, 0.25) is 0 Å². The van der Waals surface area contributed by atoms with E-state index in [2.05, 4.69) is 34.0 Å². The highest BCUT2D eigenvalue weighted by Gasteiger charge is 2.07. The molecule has 0 atom stereocenters. The van der Waals surface area contributed by atoms with Crippen molar-refractivity contribution in [3.05, 3.63) is 30.5 Å². The summed E-state index contributed by atoms with van der Waals surface area (Å²) >= 11 is 0. The van der Waals surface area contributed by atoms with Crippen LogP contribution in [0.25, 0.3) is 10.9 Å². The van der Waals surface area contributed by atoms with E-state index in [1.165, 1.54) is 10.9 Å². The van der Waals surface area contributed by atoms with Crippen molar-refractivity contribution in [1.82, 2.24) is 4.57 Å². The molecule has 0 unspecified atom stereocenters. The van der Waals surface area contributed by atoms with Crippen molar-refractivity contribution < 1.29 is 0 Å². The van der Waals surface area contributed by atoms with Gasteiger partial charge in [0.1, 0.15) is 0 Å². The number of hydrogen-bond donors (Lipinski definition) is 0. The second-order valence-electron chi connectivity index (χ2n) is 2.99. The van der Waals surface area contributed by atoms with Gasteiger partial charge in [-0.2, -0.15) is 0 Å². The van der Waals surface area contributed by atoms with Crippen LogP contribution in [0, 0.1) is 0 Å². The van der Waals surface area contributed by atoms with Crippen LogP contribution < -0.4 is 0 Å². The molecule has 0 amide bonds. The number of nitrogens with zero attached hydrogens (tertiary/aromatic N) is 2. The minimum Gasteiger partial charge on any atom is -0.340 e. The molecule has 0 N–H and O–H groups in total. The lowest BCUT2D eigenvalue weighted by molar-refractivity contribution is 0.900. The Kier molecular flexibility index (Phi) is 0.987. The van der Waals surface area contributed by atoms with Crippen LogP contribution in [0.5, 0.6) is 0 Å². The summed E-state index contributed by atoms with van der Waals surface area (Å²) < 4.78 is 2.22. The summed E-state index contributed by atoms with van der Waals surface area (Å²) in [6, 6.07) is 8.35. The molecule has 0 radical (unpaired) electrons. The van der Waals surface area contributed by atoms with Gasteiger partial charge in [-0.25, -0.2) is 0 Å². The fourth-order valence-electron chi connectivity index (χ4n) is 1.72.